The molecule has 1 unspecified atom stereocenters. The molecule has 1 heterocycles. The van der Waals surface area contributed by atoms with Gasteiger partial charge in [-0.2, -0.15) is 0 Å². The molecule has 0 aromatic carbocycles. The van der Waals surface area contributed by atoms with Crippen LogP contribution in [0.25, 0.3) is 0 Å². The van der Waals surface area contributed by atoms with Crippen molar-refractivity contribution in [3.8, 4) is 0 Å². The maximum absolute atomic E-state index is 12.0. The maximum Gasteiger partial charge on any atom is 0.224 e. The van der Waals surface area contributed by atoms with E-state index in [0.29, 0.717) is 12.3 Å². The quantitative estimate of drug-likeness (QED) is 0.751. The van der Waals surface area contributed by atoms with Crippen LogP contribution in [0.4, 0.5) is 0 Å². The van der Waals surface area contributed by atoms with Crippen molar-refractivity contribution >= 4 is 5.91 Å². The molecule has 1 amide bonds. The zero-order chi connectivity index (χ0) is 10.9. The highest BCUT2D eigenvalue weighted by molar-refractivity contribution is 5.77. The van der Waals surface area contributed by atoms with Crippen LogP contribution in [0, 0.1) is 5.92 Å². The third-order valence-corrected chi connectivity index (χ3v) is 3.86. The smallest absolute Gasteiger partial charge is 0.224 e. The molecule has 2 aliphatic rings. The minimum atomic E-state index is -0.155. The van der Waals surface area contributed by atoms with Crippen LogP contribution < -0.4 is 5.73 Å². The van der Waals surface area contributed by atoms with Crippen LogP contribution >= 0.6 is 0 Å². The van der Waals surface area contributed by atoms with Gasteiger partial charge in [0.2, 0.25) is 5.91 Å². The van der Waals surface area contributed by atoms with Gasteiger partial charge in [0.25, 0.3) is 0 Å². The van der Waals surface area contributed by atoms with Gasteiger partial charge < -0.3 is 10.6 Å². The summed E-state index contributed by atoms with van der Waals surface area (Å²) in [6.07, 6.45) is 6.24. The lowest BCUT2D eigenvalue weighted by atomic mass is 9.75. The Labute approximate surface area is 92.0 Å². The summed E-state index contributed by atoms with van der Waals surface area (Å²) in [5, 5.41) is 0. The molecule has 2 fully saturated rings. The van der Waals surface area contributed by atoms with Crippen molar-refractivity contribution < 1.29 is 4.79 Å². The molecule has 0 spiro atoms. The van der Waals surface area contributed by atoms with Gasteiger partial charge in [0, 0.05) is 25.0 Å². The van der Waals surface area contributed by atoms with Gasteiger partial charge >= 0.3 is 0 Å². The summed E-state index contributed by atoms with van der Waals surface area (Å²) in [4.78, 5) is 14.0. The molecular formula is C12H22N2O. The standard InChI is InChI=1S/C12H22N2O/c1-10-4-2-7-14(9-10)11(15)8-12(13)5-3-6-12/h10H,2-9,13H2,1H3. The summed E-state index contributed by atoms with van der Waals surface area (Å²) in [5.74, 6) is 0.946. The van der Waals surface area contributed by atoms with Crippen LogP contribution in [-0.2, 0) is 4.79 Å². The first kappa shape index (κ1) is 10.9. The molecule has 1 atom stereocenters. The lowest BCUT2D eigenvalue weighted by Crippen LogP contribution is -2.51. The van der Waals surface area contributed by atoms with Crippen LogP contribution in [0.2, 0.25) is 0 Å². The SMILES string of the molecule is CC1CCCN(C(=O)CC2(N)CCC2)C1. The summed E-state index contributed by atoms with van der Waals surface area (Å²) in [7, 11) is 0. The highest BCUT2D eigenvalue weighted by Crippen LogP contribution is 2.33. The number of hydrogen-bond acceptors (Lipinski definition) is 2. The molecule has 1 saturated heterocycles. The zero-order valence-electron chi connectivity index (χ0n) is 9.67. The molecule has 0 aromatic rings. The second-order valence-corrected chi connectivity index (χ2v) is 5.48. The third-order valence-electron chi connectivity index (χ3n) is 3.86. The van der Waals surface area contributed by atoms with E-state index in [4.69, 9.17) is 5.73 Å². The molecule has 0 radical (unpaired) electrons. The normalized spacial score (nSPS) is 29.7. The van der Waals surface area contributed by atoms with Gasteiger partial charge in [0.05, 0.1) is 0 Å². The Balaban J connectivity index is 1.84. The number of carbonyl (C=O) groups is 1. The Morgan fingerprint density at radius 3 is 2.73 bits per heavy atom. The minimum Gasteiger partial charge on any atom is -0.342 e. The van der Waals surface area contributed by atoms with Gasteiger partial charge in [0.1, 0.15) is 0 Å². The number of carbonyl (C=O) groups excluding carboxylic acids is 1. The molecule has 1 aliphatic carbocycles. The number of rotatable bonds is 2. The number of hydrogen-bond donors (Lipinski definition) is 1. The molecule has 86 valence electrons. The number of likely N-dealkylation sites (tertiary alicyclic amines) is 1. The van der Waals surface area contributed by atoms with Gasteiger partial charge in [-0.15, -0.1) is 0 Å². The highest BCUT2D eigenvalue weighted by Gasteiger charge is 2.36. The van der Waals surface area contributed by atoms with Crippen molar-refractivity contribution in [2.24, 2.45) is 11.7 Å². The Hall–Kier alpha value is -0.570. The molecule has 2 N–H and O–H groups in total. The van der Waals surface area contributed by atoms with Crippen LogP contribution in [0.1, 0.15) is 45.4 Å². The Bertz CT molecular complexity index is 248. The largest absolute Gasteiger partial charge is 0.342 e. The van der Waals surface area contributed by atoms with Gasteiger partial charge in [-0.25, -0.2) is 0 Å². The van der Waals surface area contributed by atoms with Crippen LogP contribution in [0.5, 0.6) is 0 Å². The topological polar surface area (TPSA) is 46.3 Å². The third kappa shape index (κ3) is 2.51. The second-order valence-electron chi connectivity index (χ2n) is 5.48. The summed E-state index contributed by atoms with van der Waals surface area (Å²) in [5.41, 5.74) is 5.94. The number of piperidine rings is 1. The fourth-order valence-corrected chi connectivity index (χ4v) is 2.64. The summed E-state index contributed by atoms with van der Waals surface area (Å²) in [6, 6.07) is 0. The molecule has 1 aliphatic heterocycles. The summed E-state index contributed by atoms with van der Waals surface area (Å²) in [6.45, 7) is 4.11. The molecule has 0 bridgehead atoms. The molecule has 0 aromatic heterocycles. The first-order valence-corrected chi connectivity index (χ1v) is 6.16. The number of amides is 1. The molecule has 2 rings (SSSR count). The van der Waals surface area contributed by atoms with Crippen LogP contribution in [0.3, 0.4) is 0 Å². The second kappa shape index (κ2) is 4.12. The fourth-order valence-electron chi connectivity index (χ4n) is 2.64. The van der Waals surface area contributed by atoms with E-state index in [1.165, 1.54) is 12.8 Å². The first-order chi connectivity index (χ1) is 7.09. The van der Waals surface area contributed by atoms with E-state index in [-0.39, 0.29) is 11.4 Å². The first-order valence-electron chi connectivity index (χ1n) is 6.16. The summed E-state index contributed by atoms with van der Waals surface area (Å²) >= 11 is 0. The average molecular weight is 210 g/mol. The van der Waals surface area contributed by atoms with Crippen molar-refractivity contribution in [2.75, 3.05) is 13.1 Å². The lowest BCUT2D eigenvalue weighted by molar-refractivity contribution is -0.135. The highest BCUT2D eigenvalue weighted by atomic mass is 16.2. The van der Waals surface area contributed by atoms with E-state index in [0.717, 1.165) is 32.4 Å². The number of nitrogens with two attached hydrogens (primary N) is 1. The van der Waals surface area contributed by atoms with E-state index in [1.54, 1.807) is 0 Å². The predicted octanol–water partition coefficient (Wildman–Crippen LogP) is 1.52. The van der Waals surface area contributed by atoms with Gasteiger partial charge in [-0.3, -0.25) is 4.79 Å². The molecule has 3 nitrogen and oxygen atoms in total. The molecule has 1 saturated carbocycles. The van der Waals surface area contributed by atoms with Gasteiger partial charge in [0.15, 0.2) is 0 Å². The lowest BCUT2D eigenvalue weighted by Gasteiger charge is -2.40. The van der Waals surface area contributed by atoms with E-state index in [1.807, 2.05) is 4.90 Å². The van der Waals surface area contributed by atoms with Crippen molar-refractivity contribution in [3.63, 3.8) is 0 Å². The van der Waals surface area contributed by atoms with Gasteiger partial charge in [-0.05, 0) is 38.0 Å². The number of nitrogens with zero attached hydrogens (tertiary/aromatic N) is 1. The van der Waals surface area contributed by atoms with E-state index in [2.05, 4.69) is 6.92 Å². The Morgan fingerprint density at radius 2 is 2.20 bits per heavy atom. The molecular weight excluding hydrogens is 188 g/mol. The monoisotopic (exact) mass is 210 g/mol. The summed E-state index contributed by atoms with van der Waals surface area (Å²) < 4.78 is 0. The maximum atomic E-state index is 12.0. The van der Waals surface area contributed by atoms with Crippen molar-refractivity contribution in [2.45, 2.75) is 51.0 Å². The van der Waals surface area contributed by atoms with Crippen molar-refractivity contribution in [1.82, 2.24) is 4.90 Å². The van der Waals surface area contributed by atoms with Crippen molar-refractivity contribution in [3.05, 3.63) is 0 Å². The van der Waals surface area contributed by atoms with Crippen LogP contribution in [0.15, 0.2) is 0 Å². The molecule has 15 heavy (non-hydrogen) atoms. The van der Waals surface area contributed by atoms with Crippen molar-refractivity contribution in [1.29, 1.82) is 0 Å². The fraction of sp³-hybridized carbons (Fsp3) is 0.917. The Morgan fingerprint density at radius 1 is 1.47 bits per heavy atom. The minimum absolute atomic E-state index is 0.155. The van der Waals surface area contributed by atoms with E-state index < -0.39 is 0 Å². The zero-order valence-corrected chi connectivity index (χ0v) is 9.67. The molecule has 3 heteroatoms. The van der Waals surface area contributed by atoms with Gasteiger partial charge in [-0.1, -0.05) is 6.92 Å². The van der Waals surface area contributed by atoms with Crippen LogP contribution in [-0.4, -0.2) is 29.4 Å². The predicted molar refractivity (Wildman–Crippen MR) is 60.4 cm³/mol. The van der Waals surface area contributed by atoms with E-state index >= 15 is 0 Å². The van der Waals surface area contributed by atoms with E-state index in [9.17, 15) is 4.79 Å². The average Bonchev–Trinajstić information content (AvgIpc) is 2.15. The Kier molecular flexibility index (Phi) is 3.01.